The Bertz CT molecular complexity index is 1940. The molecule has 0 saturated heterocycles. The molecule has 0 bridgehead atoms. The number of hydrogen-bond donors (Lipinski definition) is 2. The molecular weight excluding hydrogens is 813 g/mol. The maximum atomic E-state index is 10.5. The Kier molecular flexibility index (Phi) is 44.9. The van der Waals surface area contributed by atoms with Crippen molar-refractivity contribution in [2.24, 2.45) is 5.73 Å². The summed E-state index contributed by atoms with van der Waals surface area (Å²) in [5.41, 5.74) is 10.1. The lowest BCUT2D eigenvalue weighted by Gasteiger charge is -2.13. The molecule has 0 saturated carbocycles. The van der Waals surface area contributed by atoms with E-state index in [4.69, 9.17) is 19.0 Å². The van der Waals surface area contributed by atoms with Gasteiger partial charge < -0.3 is 30.0 Å². The molecule has 0 spiro atoms. The van der Waals surface area contributed by atoms with Gasteiger partial charge in [0.1, 0.15) is 12.0 Å². The molecule has 65 heavy (non-hydrogen) atoms. The molecule has 5 aromatic rings. The first kappa shape index (κ1) is 62.5. The van der Waals surface area contributed by atoms with Crippen LogP contribution in [0.15, 0.2) is 164 Å². The highest BCUT2D eigenvalue weighted by atomic mass is 16.5. The van der Waals surface area contributed by atoms with Gasteiger partial charge in [0, 0.05) is 14.2 Å². The third kappa shape index (κ3) is 36.4. The first-order valence-corrected chi connectivity index (χ1v) is 21.3. The molecule has 5 rings (SSSR count). The van der Waals surface area contributed by atoms with E-state index in [-0.39, 0.29) is 12.2 Å². The van der Waals surface area contributed by atoms with E-state index in [1.165, 1.54) is 22.8 Å². The van der Waals surface area contributed by atoms with E-state index in [0.29, 0.717) is 5.92 Å². The number of rotatable bonds is 14. The highest BCUT2D eigenvalue weighted by Gasteiger charge is 2.09. The van der Waals surface area contributed by atoms with Gasteiger partial charge in [-0.1, -0.05) is 160 Å². The molecule has 0 aromatic heterocycles. The molecule has 0 heterocycles. The van der Waals surface area contributed by atoms with E-state index < -0.39 is 0 Å². The minimum Gasteiger partial charge on any atom is -0.497 e. The highest BCUT2D eigenvalue weighted by molar-refractivity contribution is 5.91. The summed E-state index contributed by atoms with van der Waals surface area (Å²) >= 11 is 0. The van der Waals surface area contributed by atoms with Crippen LogP contribution >= 0.6 is 0 Å². The smallest absolute Gasteiger partial charge is 0.204 e. The summed E-state index contributed by atoms with van der Waals surface area (Å²) in [4.78, 5) is 29.0. The molecular formula is C56H76N2O7. The molecule has 0 fully saturated rings. The predicted octanol–water partition coefficient (Wildman–Crippen LogP) is 12.1. The second-order valence-electron chi connectivity index (χ2n) is 13.0. The second-order valence-corrected chi connectivity index (χ2v) is 13.0. The molecule has 352 valence electrons. The van der Waals surface area contributed by atoms with Gasteiger partial charge in [-0.15, -0.1) is 6.58 Å². The van der Waals surface area contributed by atoms with Crippen molar-refractivity contribution in [3.63, 3.8) is 0 Å². The molecule has 5 aromatic carbocycles. The van der Waals surface area contributed by atoms with Crippen LogP contribution in [-0.2, 0) is 25.5 Å². The van der Waals surface area contributed by atoms with Gasteiger partial charge in [0.05, 0.1) is 21.3 Å². The van der Waals surface area contributed by atoms with Gasteiger partial charge in [-0.05, 0) is 110 Å². The van der Waals surface area contributed by atoms with Crippen molar-refractivity contribution >= 4 is 36.7 Å². The van der Waals surface area contributed by atoms with Crippen molar-refractivity contribution in [3.05, 3.63) is 192 Å². The third-order valence-corrected chi connectivity index (χ3v) is 7.88. The lowest BCUT2D eigenvalue weighted by molar-refractivity contribution is -0.112. The largest absolute Gasteiger partial charge is 0.497 e. The Morgan fingerprint density at radius 2 is 1.14 bits per heavy atom. The number of ether oxygens (including phenoxy) is 4. The number of carbonyl (C=O) groups is 3. The molecule has 0 aliphatic heterocycles. The Morgan fingerprint density at radius 1 is 0.692 bits per heavy atom. The quantitative estimate of drug-likeness (QED) is 0.0641. The molecule has 1 atom stereocenters. The average molecular weight is 889 g/mol. The summed E-state index contributed by atoms with van der Waals surface area (Å²) in [7, 11) is 10.2. The monoisotopic (exact) mass is 889 g/mol. The molecule has 3 N–H and O–H groups in total. The van der Waals surface area contributed by atoms with Crippen molar-refractivity contribution in [1.82, 2.24) is 5.32 Å². The lowest BCUT2D eigenvalue weighted by Crippen LogP contribution is -2.10. The van der Waals surface area contributed by atoms with Crippen LogP contribution in [0.3, 0.4) is 0 Å². The number of hydrogen-bond acceptors (Lipinski definition) is 8. The zero-order valence-corrected chi connectivity index (χ0v) is 40.7. The van der Waals surface area contributed by atoms with Crippen LogP contribution in [0.1, 0.15) is 74.8 Å². The van der Waals surface area contributed by atoms with Crippen LogP contribution in [0.4, 0.5) is 0 Å². The molecule has 9 heteroatoms. The summed E-state index contributed by atoms with van der Waals surface area (Å²) in [5, 5.41) is 3.11. The SMILES string of the molecule is C=CC.CC.CC(=O)/C=C/c1ccccc1.CNCCc1ccc(OC)cc1.COC.COc1ccc(C(C)C/C=C/c2ccccc2)cc1OC.NC=O.O=C/C=C/c1ccccc1. The zero-order valence-electron chi connectivity index (χ0n) is 40.7. The maximum Gasteiger partial charge on any atom is 0.204 e. The first-order valence-electron chi connectivity index (χ1n) is 21.3. The van der Waals surface area contributed by atoms with Crippen LogP contribution in [0.5, 0.6) is 17.2 Å². The lowest BCUT2D eigenvalue weighted by atomic mass is 9.97. The van der Waals surface area contributed by atoms with E-state index in [1.807, 2.05) is 119 Å². The van der Waals surface area contributed by atoms with Crippen molar-refractivity contribution in [1.29, 1.82) is 0 Å². The standard InChI is InChI=1S/C19H22O2.C10H15NO.C10H10O.C9H8O.C3H6.C2H6O.C2H6.CH3NO/c1-15(8-7-11-16-9-5-4-6-10-16)17-12-13-18(20-2)19(14-17)21-3;1-11-8-7-9-3-5-10(12-2)6-4-9;1-9(11)7-8-10-5-3-2-4-6-10;10-8-4-7-9-5-2-1-3-6-9;2*1-3-2;1-2;2-1-3/h4-7,9-15H,8H2,1-3H3;3-6,11H,7-8H2,1-2H3;2-8H,1H3;1-8H;3H,1H2,2H3;1-2H3;1-2H3;1H,(H2,2,3)/b11-7+;;8-7+;7-4+;;;;. The third-order valence-electron chi connectivity index (χ3n) is 7.88. The van der Waals surface area contributed by atoms with Crippen LogP contribution in [0, 0.1) is 0 Å². The maximum absolute atomic E-state index is 10.5. The summed E-state index contributed by atoms with van der Waals surface area (Å²) < 4.78 is 19.9. The van der Waals surface area contributed by atoms with E-state index in [1.54, 1.807) is 60.7 Å². The minimum atomic E-state index is 0.0776. The van der Waals surface area contributed by atoms with Gasteiger partial charge in [0.25, 0.3) is 0 Å². The Labute approximate surface area is 391 Å². The number of methoxy groups -OCH3 is 4. The molecule has 0 aliphatic rings. The topological polar surface area (TPSA) is 126 Å². The second kappa shape index (κ2) is 46.7. The zero-order chi connectivity index (χ0) is 49.4. The number of primary amides is 1. The van der Waals surface area contributed by atoms with E-state index in [2.05, 4.69) is 90.0 Å². The van der Waals surface area contributed by atoms with Crippen molar-refractivity contribution in [3.8, 4) is 17.2 Å². The minimum absolute atomic E-state index is 0.0776. The van der Waals surface area contributed by atoms with Crippen LogP contribution in [0.25, 0.3) is 18.2 Å². The van der Waals surface area contributed by atoms with E-state index >= 15 is 0 Å². The van der Waals surface area contributed by atoms with Gasteiger partial charge >= 0.3 is 0 Å². The van der Waals surface area contributed by atoms with Crippen molar-refractivity contribution in [2.45, 2.75) is 53.4 Å². The van der Waals surface area contributed by atoms with Gasteiger partial charge in [0.15, 0.2) is 17.3 Å². The summed E-state index contributed by atoms with van der Waals surface area (Å²) in [6.45, 7) is 14.0. The molecule has 0 aliphatic carbocycles. The highest BCUT2D eigenvalue weighted by Crippen LogP contribution is 2.31. The normalized spacial score (nSPS) is 9.83. The number of amides is 1. The first-order chi connectivity index (χ1) is 31.6. The number of carbonyl (C=O) groups excluding carboxylic acids is 3. The predicted molar refractivity (Wildman–Crippen MR) is 277 cm³/mol. The summed E-state index contributed by atoms with van der Waals surface area (Å²) in [6.07, 6.45) is 15.8. The number of likely N-dealkylation sites (N-methyl/N-ethyl adjacent to an activating group) is 1. The van der Waals surface area contributed by atoms with Crippen molar-refractivity contribution in [2.75, 3.05) is 49.1 Å². The Hall–Kier alpha value is -6.81. The fourth-order valence-electron chi connectivity index (χ4n) is 4.82. The fraction of sp³-hybridized carbons (Fsp3) is 0.268. The number of aldehydes is 1. The number of allylic oxidation sites excluding steroid dienone is 4. The number of nitrogens with one attached hydrogen (secondary N) is 1. The van der Waals surface area contributed by atoms with Crippen LogP contribution < -0.4 is 25.3 Å². The molecule has 9 nitrogen and oxygen atoms in total. The molecule has 0 radical (unpaired) electrons. The van der Waals surface area contributed by atoms with Gasteiger partial charge in [-0.3, -0.25) is 14.4 Å². The summed E-state index contributed by atoms with van der Waals surface area (Å²) in [6, 6.07) is 44.1. The molecule has 1 amide bonds. The number of nitrogens with two attached hydrogens (primary N) is 1. The van der Waals surface area contributed by atoms with Crippen LogP contribution in [0.2, 0.25) is 0 Å². The fourth-order valence-corrected chi connectivity index (χ4v) is 4.82. The Balaban J connectivity index is -0.000000759. The van der Waals surface area contributed by atoms with Gasteiger partial charge in [0.2, 0.25) is 6.41 Å². The number of ketones is 1. The van der Waals surface area contributed by atoms with Gasteiger partial charge in [-0.25, -0.2) is 0 Å². The Morgan fingerprint density at radius 3 is 1.54 bits per heavy atom. The summed E-state index contributed by atoms with van der Waals surface area (Å²) in [5.74, 6) is 2.99. The van der Waals surface area contributed by atoms with E-state index in [0.717, 1.165) is 54.0 Å². The number of benzene rings is 5. The average Bonchev–Trinajstić information content (AvgIpc) is 3.35. The van der Waals surface area contributed by atoms with Crippen LogP contribution in [-0.4, -0.2) is 67.6 Å². The van der Waals surface area contributed by atoms with Crippen molar-refractivity contribution < 1.29 is 33.3 Å². The molecule has 1 unspecified atom stereocenters. The van der Waals surface area contributed by atoms with Gasteiger partial charge in [-0.2, -0.15) is 0 Å². The van der Waals surface area contributed by atoms with E-state index in [9.17, 15) is 9.59 Å².